The first kappa shape index (κ1) is 37.2. The Balaban J connectivity index is 1.20. The number of rotatable bonds is 4. The van der Waals surface area contributed by atoms with Gasteiger partial charge in [0.15, 0.2) is 0 Å². The van der Waals surface area contributed by atoms with Crippen molar-refractivity contribution in [1.29, 1.82) is 0 Å². The van der Waals surface area contributed by atoms with E-state index in [1.807, 2.05) is 11.3 Å². The zero-order valence-electron chi connectivity index (χ0n) is 36.4. The SMILES string of the molecule is Cc1ccccc1N1c2ccc(N(c3ccc(C(C)(C)C)cc3)c3ccc(C(C)(C)C)cc3)cc2B2c3c(cc4ccccc4c31)-c1cccc3c4sc5ccccc5c4n2c13. The Bertz CT molecular complexity index is 3390. The first-order chi connectivity index (χ1) is 30.0. The van der Waals surface area contributed by atoms with Crippen LogP contribution in [0.3, 0.4) is 0 Å². The highest BCUT2D eigenvalue weighted by Crippen LogP contribution is 2.51. The molecular formula is C57H48BN3S. The van der Waals surface area contributed by atoms with E-state index in [-0.39, 0.29) is 17.7 Å². The van der Waals surface area contributed by atoms with Gasteiger partial charge in [0, 0.05) is 60.4 Å². The minimum absolute atomic E-state index is 0.0500. The van der Waals surface area contributed by atoms with Gasteiger partial charge in [-0.25, -0.2) is 0 Å². The Labute approximate surface area is 368 Å². The number of hydrogen-bond acceptors (Lipinski definition) is 3. The molecule has 0 atom stereocenters. The van der Waals surface area contributed by atoms with Crippen molar-refractivity contribution in [3.05, 3.63) is 180 Å². The van der Waals surface area contributed by atoms with Crippen molar-refractivity contribution < 1.29 is 0 Å². The minimum atomic E-state index is -0.0823. The summed E-state index contributed by atoms with van der Waals surface area (Å²) in [6.45, 7) is 15.9. The first-order valence-corrected chi connectivity index (χ1v) is 22.8. The van der Waals surface area contributed by atoms with Gasteiger partial charge in [-0.2, -0.15) is 0 Å². The largest absolute Gasteiger partial charge is 0.374 e. The summed E-state index contributed by atoms with van der Waals surface area (Å²) in [7, 11) is 0. The number of thiophene rings is 1. The molecule has 0 amide bonds. The number of aromatic nitrogens is 1. The van der Waals surface area contributed by atoms with E-state index in [0.717, 1.165) is 17.1 Å². The number of nitrogens with zero attached hydrogens (tertiary/aromatic N) is 3. The maximum absolute atomic E-state index is 2.73. The van der Waals surface area contributed by atoms with Gasteiger partial charge in [-0.3, -0.25) is 0 Å². The van der Waals surface area contributed by atoms with Crippen LogP contribution in [0.15, 0.2) is 164 Å². The number of benzene rings is 8. The van der Waals surface area contributed by atoms with Crippen LogP contribution in [0.25, 0.3) is 53.1 Å². The summed E-state index contributed by atoms with van der Waals surface area (Å²) in [4.78, 5) is 5.05. The highest BCUT2D eigenvalue weighted by molar-refractivity contribution is 7.27. The molecule has 0 unspecified atom stereocenters. The lowest BCUT2D eigenvalue weighted by atomic mass is 9.44. The lowest BCUT2D eigenvalue weighted by Gasteiger charge is -2.42. The Morgan fingerprint density at radius 1 is 0.516 bits per heavy atom. The maximum Gasteiger partial charge on any atom is 0.333 e. The van der Waals surface area contributed by atoms with E-state index in [0.29, 0.717) is 0 Å². The highest BCUT2D eigenvalue weighted by Gasteiger charge is 2.44. The summed E-state index contributed by atoms with van der Waals surface area (Å²) in [5.41, 5.74) is 19.0. The molecule has 0 bridgehead atoms. The van der Waals surface area contributed by atoms with Gasteiger partial charge in [-0.15, -0.1) is 11.3 Å². The van der Waals surface area contributed by atoms with E-state index in [9.17, 15) is 0 Å². The fourth-order valence-electron chi connectivity index (χ4n) is 10.5. The molecule has 5 heteroatoms. The minimum Gasteiger partial charge on any atom is -0.374 e. The zero-order valence-corrected chi connectivity index (χ0v) is 37.2. The summed E-state index contributed by atoms with van der Waals surface area (Å²) in [6, 6.07) is 62.2. The van der Waals surface area contributed by atoms with Crippen molar-refractivity contribution in [1.82, 2.24) is 4.48 Å². The molecule has 0 aliphatic carbocycles. The molecule has 3 nitrogen and oxygen atoms in total. The second kappa shape index (κ2) is 13.2. The number of anilines is 6. The van der Waals surface area contributed by atoms with Gasteiger partial charge in [-0.1, -0.05) is 145 Å². The van der Waals surface area contributed by atoms with E-state index in [2.05, 4.69) is 227 Å². The summed E-state index contributed by atoms with van der Waals surface area (Å²) in [5, 5.41) is 5.17. The first-order valence-electron chi connectivity index (χ1n) is 22.0. The van der Waals surface area contributed by atoms with Crippen LogP contribution in [0.4, 0.5) is 34.1 Å². The standard InChI is InChI=1S/C57H48BN3S/c1-35-15-8-12-21-48(35)60-49-32-31-41(59(39-27-23-37(24-28-39)56(2,3)4)40-29-25-38(26-30-40)57(5,6)7)34-47(49)58-51-46(33-36-16-9-10-17-42(36)53(51)60)43-19-14-20-45-52(43)61(58)54-44-18-11-13-22-50(44)62-55(45)54/h8-34H,1-7H3. The van der Waals surface area contributed by atoms with E-state index >= 15 is 0 Å². The third-order valence-corrected chi connectivity index (χ3v) is 14.8. The molecule has 0 N–H and O–H groups in total. The lowest BCUT2D eigenvalue weighted by molar-refractivity contribution is 0.590. The van der Waals surface area contributed by atoms with Crippen LogP contribution >= 0.6 is 11.3 Å². The molecule has 0 radical (unpaired) electrons. The summed E-state index contributed by atoms with van der Waals surface area (Å²) < 4.78 is 5.42. The smallest absolute Gasteiger partial charge is 0.333 e. The molecule has 0 spiro atoms. The van der Waals surface area contributed by atoms with Gasteiger partial charge in [0.1, 0.15) is 0 Å². The number of fused-ring (bicyclic) bond motifs is 11. The average Bonchev–Trinajstić information content (AvgIpc) is 3.81. The summed E-state index contributed by atoms with van der Waals surface area (Å²) >= 11 is 1.93. The van der Waals surface area contributed by atoms with Crippen LogP contribution in [0.5, 0.6) is 0 Å². The molecule has 300 valence electrons. The zero-order chi connectivity index (χ0) is 42.2. The molecule has 0 saturated heterocycles. The normalized spacial score (nSPS) is 13.3. The molecule has 2 aliphatic heterocycles. The second-order valence-corrected chi connectivity index (χ2v) is 20.5. The third kappa shape index (κ3) is 5.37. The van der Waals surface area contributed by atoms with Crippen molar-refractivity contribution in [2.45, 2.75) is 59.3 Å². The number of para-hydroxylation sites is 2. The van der Waals surface area contributed by atoms with Crippen molar-refractivity contribution >= 4 is 105 Å². The average molecular weight is 818 g/mol. The van der Waals surface area contributed by atoms with Gasteiger partial charge in [0.2, 0.25) is 0 Å². The topological polar surface area (TPSA) is 11.4 Å². The fourth-order valence-corrected chi connectivity index (χ4v) is 11.7. The molecule has 2 aromatic heterocycles. The van der Waals surface area contributed by atoms with Crippen LogP contribution in [-0.2, 0) is 10.8 Å². The fraction of sp³-hybridized carbons (Fsp3) is 0.158. The van der Waals surface area contributed by atoms with Crippen LogP contribution in [0.2, 0.25) is 0 Å². The molecule has 2 aliphatic rings. The lowest BCUT2D eigenvalue weighted by Crippen LogP contribution is -2.56. The van der Waals surface area contributed by atoms with Gasteiger partial charge >= 0.3 is 6.85 Å². The van der Waals surface area contributed by atoms with Gasteiger partial charge < -0.3 is 14.3 Å². The Morgan fingerprint density at radius 2 is 1.13 bits per heavy atom. The predicted molar refractivity (Wildman–Crippen MR) is 270 cm³/mol. The molecule has 10 aromatic rings. The van der Waals surface area contributed by atoms with Crippen LogP contribution in [0, 0.1) is 6.92 Å². The van der Waals surface area contributed by atoms with Crippen molar-refractivity contribution in [3.63, 3.8) is 0 Å². The Hall–Kier alpha value is -6.56. The van der Waals surface area contributed by atoms with E-state index in [1.165, 1.54) is 97.8 Å². The Kier molecular flexibility index (Phi) is 7.94. The molecule has 62 heavy (non-hydrogen) atoms. The molecule has 0 saturated carbocycles. The summed E-state index contributed by atoms with van der Waals surface area (Å²) in [6.07, 6.45) is 0. The molecule has 12 rings (SSSR count). The van der Waals surface area contributed by atoms with Crippen LogP contribution < -0.4 is 20.7 Å². The van der Waals surface area contributed by atoms with Crippen molar-refractivity contribution in [3.8, 4) is 11.1 Å². The van der Waals surface area contributed by atoms with E-state index in [4.69, 9.17) is 0 Å². The number of hydrogen-bond donors (Lipinski definition) is 0. The van der Waals surface area contributed by atoms with Gasteiger partial charge in [0.05, 0.1) is 15.9 Å². The second-order valence-electron chi connectivity index (χ2n) is 19.5. The molecule has 0 fully saturated rings. The third-order valence-electron chi connectivity index (χ3n) is 13.6. The predicted octanol–water partition coefficient (Wildman–Crippen LogP) is 15.0. The highest BCUT2D eigenvalue weighted by atomic mass is 32.1. The number of aryl methyl sites for hydroxylation is 1. The maximum atomic E-state index is 2.73. The summed E-state index contributed by atoms with van der Waals surface area (Å²) in [5.74, 6) is 0. The monoisotopic (exact) mass is 817 g/mol. The Morgan fingerprint density at radius 3 is 1.82 bits per heavy atom. The van der Waals surface area contributed by atoms with E-state index in [1.54, 1.807) is 0 Å². The quantitative estimate of drug-likeness (QED) is 0.164. The molecule has 4 heterocycles. The molecular weight excluding hydrogens is 770 g/mol. The van der Waals surface area contributed by atoms with Crippen molar-refractivity contribution in [2.24, 2.45) is 0 Å². The van der Waals surface area contributed by atoms with Crippen LogP contribution in [-0.4, -0.2) is 11.3 Å². The molecule has 8 aromatic carbocycles. The van der Waals surface area contributed by atoms with E-state index < -0.39 is 0 Å². The van der Waals surface area contributed by atoms with Crippen LogP contribution in [0.1, 0.15) is 58.2 Å². The van der Waals surface area contributed by atoms with Crippen molar-refractivity contribution in [2.75, 3.05) is 9.80 Å². The van der Waals surface area contributed by atoms with Gasteiger partial charge in [-0.05, 0) is 117 Å². The van der Waals surface area contributed by atoms with Gasteiger partial charge in [0.25, 0.3) is 0 Å².